The molecule has 0 spiro atoms. The first kappa shape index (κ1) is 13.1. The lowest BCUT2D eigenvalue weighted by Gasteiger charge is -2.47. The van der Waals surface area contributed by atoms with Crippen LogP contribution in [-0.4, -0.2) is 33.3 Å². The smallest absolute Gasteiger partial charge is 0.0538 e. The highest BCUT2D eigenvalue weighted by Gasteiger charge is 2.45. The first-order valence-corrected chi connectivity index (χ1v) is 7.71. The van der Waals surface area contributed by atoms with Crippen LogP contribution < -0.4 is 5.73 Å². The summed E-state index contributed by atoms with van der Waals surface area (Å²) in [5.74, 6) is 0. The Kier molecular flexibility index (Phi) is 3.63. The van der Waals surface area contributed by atoms with Crippen molar-refractivity contribution in [3.63, 3.8) is 0 Å². The molecular weight excluding hydrogens is 236 g/mol. The summed E-state index contributed by atoms with van der Waals surface area (Å²) in [6.45, 7) is 2.46. The van der Waals surface area contributed by atoms with Crippen LogP contribution in [0.5, 0.6) is 0 Å². The molecule has 106 valence electrons. The summed E-state index contributed by atoms with van der Waals surface area (Å²) < 4.78 is 1.87. The second kappa shape index (κ2) is 5.25. The van der Waals surface area contributed by atoms with Gasteiger partial charge in [-0.3, -0.25) is 9.58 Å². The Morgan fingerprint density at radius 1 is 1.16 bits per heavy atom. The van der Waals surface area contributed by atoms with Gasteiger partial charge in [0.1, 0.15) is 0 Å². The zero-order chi connectivity index (χ0) is 13.3. The second-order valence-corrected chi connectivity index (χ2v) is 6.28. The number of piperidine rings is 1. The quantitative estimate of drug-likeness (QED) is 0.908. The molecule has 1 saturated heterocycles. The zero-order valence-corrected chi connectivity index (χ0v) is 12.0. The fraction of sp³-hybridized carbons (Fsp3) is 0.800. The van der Waals surface area contributed by atoms with Crippen molar-refractivity contribution in [2.45, 2.75) is 56.5 Å². The zero-order valence-electron chi connectivity index (χ0n) is 12.0. The Hall–Kier alpha value is -0.870. The van der Waals surface area contributed by atoms with Gasteiger partial charge in [0.25, 0.3) is 0 Å². The Bertz CT molecular complexity index is 414. The number of hydrogen-bond acceptors (Lipinski definition) is 3. The van der Waals surface area contributed by atoms with Gasteiger partial charge in [0.15, 0.2) is 0 Å². The van der Waals surface area contributed by atoms with Crippen LogP contribution in [0.15, 0.2) is 12.4 Å². The molecule has 4 heteroatoms. The normalized spacial score (nSPS) is 25.6. The number of rotatable bonds is 3. The molecule has 1 aromatic rings. The average Bonchev–Trinajstić information content (AvgIpc) is 3.08. The third kappa shape index (κ3) is 2.32. The van der Waals surface area contributed by atoms with E-state index in [4.69, 9.17) is 5.73 Å². The number of likely N-dealkylation sites (tertiary alicyclic amines) is 1. The van der Waals surface area contributed by atoms with Gasteiger partial charge in [-0.2, -0.15) is 5.10 Å². The third-order valence-electron chi connectivity index (χ3n) is 5.12. The van der Waals surface area contributed by atoms with E-state index in [9.17, 15) is 0 Å². The van der Waals surface area contributed by atoms with Crippen LogP contribution in [-0.2, 0) is 7.05 Å². The number of hydrogen-bond donors (Lipinski definition) is 1. The van der Waals surface area contributed by atoms with Crippen LogP contribution in [0.1, 0.15) is 56.6 Å². The molecule has 0 bridgehead atoms. The van der Waals surface area contributed by atoms with E-state index in [1.165, 1.54) is 63.6 Å². The molecule has 0 amide bonds. The highest BCUT2D eigenvalue weighted by atomic mass is 15.3. The van der Waals surface area contributed by atoms with Crippen molar-refractivity contribution < 1.29 is 0 Å². The minimum Gasteiger partial charge on any atom is -0.322 e. The summed E-state index contributed by atoms with van der Waals surface area (Å²) in [6, 6.07) is 0.113. The summed E-state index contributed by atoms with van der Waals surface area (Å²) in [6.07, 6.45) is 13.3. The Morgan fingerprint density at radius 2 is 1.84 bits per heavy atom. The SMILES string of the molecule is Cn1cc(C(N)C2(N3CCCCC3)CCCC2)cn1. The van der Waals surface area contributed by atoms with E-state index in [2.05, 4.69) is 16.2 Å². The minimum atomic E-state index is 0.113. The van der Waals surface area contributed by atoms with Gasteiger partial charge in [0.05, 0.1) is 12.2 Å². The maximum Gasteiger partial charge on any atom is 0.0538 e. The molecule has 1 unspecified atom stereocenters. The van der Waals surface area contributed by atoms with Crippen molar-refractivity contribution in [3.8, 4) is 0 Å². The van der Waals surface area contributed by atoms with Gasteiger partial charge in [-0.25, -0.2) is 0 Å². The summed E-state index contributed by atoms with van der Waals surface area (Å²) in [7, 11) is 1.97. The molecule has 19 heavy (non-hydrogen) atoms. The van der Waals surface area contributed by atoms with Crippen LogP contribution in [0.4, 0.5) is 0 Å². The van der Waals surface area contributed by atoms with Crippen LogP contribution in [0, 0.1) is 0 Å². The molecule has 2 fully saturated rings. The molecule has 1 aliphatic heterocycles. The van der Waals surface area contributed by atoms with E-state index >= 15 is 0 Å². The van der Waals surface area contributed by atoms with Crippen LogP contribution in [0.3, 0.4) is 0 Å². The molecular formula is C15H26N4. The van der Waals surface area contributed by atoms with Crippen molar-refractivity contribution in [1.82, 2.24) is 14.7 Å². The lowest BCUT2D eigenvalue weighted by molar-refractivity contribution is 0.0478. The predicted molar refractivity (Wildman–Crippen MR) is 76.8 cm³/mol. The van der Waals surface area contributed by atoms with Gasteiger partial charge in [0, 0.05) is 24.3 Å². The standard InChI is InChI=1S/C15H26N4/c1-18-12-13(11-17-18)14(16)15(7-3-4-8-15)19-9-5-2-6-10-19/h11-12,14H,2-10,16H2,1H3. The molecule has 1 aliphatic carbocycles. The summed E-state index contributed by atoms with van der Waals surface area (Å²) in [5, 5.41) is 4.30. The Labute approximate surface area is 116 Å². The predicted octanol–water partition coefficient (Wildman–Crippen LogP) is 2.22. The molecule has 3 rings (SSSR count). The molecule has 0 radical (unpaired) electrons. The van der Waals surface area contributed by atoms with E-state index in [-0.39, 0.29) is 11.6 Å². The Morgan fingerprint density at radius 3 is 2.42 bits per heavy atom. The average molecular weight is 262 g/mol. The van der Waals surface area contributed by atoms with Crippen molar-refractivity contribution >= 4 is 0 Å². The minimum absolute atomic E-state index is 0.113. The summed E-state index contributed by atoms with van der Waals surface area (Å²) in [4.78, 5) is 2.70. The fourth-order valence-electron chi connectivity index (χ4n) is 4.06. The molecule has 1 aromatic heterocycles. The first-order valence-electron chi connectivity index (χ1n) is 7.71. The molecule has 4 nitrogen and oxygen atoms in total. The van der Waals surface area contributed by atoms with Gasteiger partial charge >= 0.3 is 0 Å². The van der Waals surface area contributed by atoms with Gasteiger partial charge < -0.3 is 5.73 Å². The number of nitrogens with two attached hydrogens (primary N) is 1. The van der Waals surface area contributed by atoms with E-state index in [1.54, 1.807) is 0 Å². The van der Waals surface area contributed by atoms with Crippen LogP contribution in [0.2, 0.25) is 0 Å². The van der Waals surface area contributed by atoms with E-state index in [0.717, 1.165) is 0 Å². The van der Waals surface area contributed by atoms with Crippen molar-refractivity contribution in [1.29, 1.82) is 0 Å². The van der Waals surface area contributed by atoms with Crippen molar-refractivity contribution in [2.75, 3.05) is 13.1 Å². The maximum atomic E-state index is 6.68. The molecule has 0 aromatic carbocycles. The third-order valence-corrected chi connectivity index (χ3v) is 5.12. The number of aryl methyl sites for hydroxylation is 1. The van der Waals surface area contributed by atoms with Crippen molar-refractivity contribution in [2.24, 2.45) is 12.8 Å². The molecule has 2 N–H and O–H groups in total. The van der Waals surface area contributed by atoms with Crippen LogP contribution in [0.25, 0.3) is 0 Å². The monoisotopic (exact) mass is 262 g/mol. The van der Waals surface area contributed by atoms with Crippen molar-refractivity contribution in [3.05, 3.63) is 18.0 Å². The molecule has 2 heterocycles. The summed E-state index contributed by atoms with van der Waals surface area (Å²) in [5.41, 5.74) is 8.09. The number of nitrogens with zero attached hydrogens (tertiary/aromatic N) is 3. The first-order chi connectivity index (χ1) is 9.22. The highest BCUT2D eigenvalue weighted by Crippen LogP contribution is 2.44. The van der Waals surface area contributed by atoms with E-state index in [1.807, 2.05) is 17.9 Å². The van der Waals surface area contributed by atoms with E-state index in [0.29, 0.717) is 0 Å². The van der Waals surface area contributed by atoms with Crippen LogP contribution >= 0.6 is 0 Å². The molecule has 2 aliphatic rings. The molecule has 1 atom stereocenters. The fourth-order valence-corrected chi connectivity index (χ4v) is 4.06. The largest absolute Gasteiger partial charge is 0.322 e. The van der Waals surface area contributed by atoms with E-state index < -0.39 is 0 Å². The second-order valence-electron chi connectivity index (χ2n) is 6.28. The highest BCUT2D eigenvalue weighted by molar-refractivity contribution is 5.19. The lowest BCUT2D eigenvalue weighted by Crippen LogP contribution is -2.55. The van der Waals surface area contributed by atoms with Gasteiger partial charge in [-0.05, 0) is 38.8 Å². The topological polar surface area (TPSA) is 47.1 Å². The number of aromatic nitrogens is 2. The van der Waals surface area contributed by atoms with Gasteiger partial charge in [-0.1, -0.05) is 19.3 Å². The van der Waals surface area contributed by atoms with Gasteiger partial charge in [-0.15, -0.1) is 0 Å². The lowest BCUT2D eigenvalue weighted by atomic mass is 9.82. The summed E-state index contributed by atoms with van der Waals surface area (Å²) >= 11 is 0. The Balaban J connectivity index is 1.86. The molecule has 1 saturated carbocycles. The van der Waals surface area contributed by atoms with Gasteiger partial charge in [0.2, 0.25) is 0 Å². The maximum absolute atomic E-state index is 6.68.